The molecule has 0 aromatic rings. The van der Waals surface area contributed by atoms with E-state index in [1.54, 1.807) is 0 Å². The van der Waals surface area contributed by atoms with Crippen LogP contribution in [0.1, 0.15) is 198 Å². The highest BCUT2D eigenvalue weighted by molar-refractivity contribution is 4.95. The molecule has 470 valence electrons. The number of hydrogen-bond donors (Lipinski definition) is 10. The van der Waals surface area contributed by atoms with E-state index in [9.17, 15) is 51.1 Å². The van der Waals surface area contributed by atoms with Gasteiger partial charge in [0, 0.05) is 13.2 Å². The number of aliphatic hydroxyl groups excluding tert-OH is 10. The lowest BCUT2D eigenvalue weighted by Gasteiger charge is -2.46. The molecule has 3 aliphatic heterocycles. The third-order valence-corrected chi connectivity index (χ3v) is 17.1. The van der Waals surface area contributed by atoms with Crippen LogP contribution in [0.2, 0.25) is 0 Å². The highest BCUT2D eigenvalue weighted by atomic mass is 16.8. The predicted molar refractivity (Wildman–Crippen MR) is 303 cm³/mol. The van der Waals surface area contributed by atoms with Crippen LogP contribution in [0.25, 0.3) is 0 Å². The molecule has 10 N–H and O–H groups in total. The summed E-state index contributed by atoms with van der Waals surface area (Å²) < 4.78 is 47.8. The van der Waals surface area contributed by atoms with Crippen LogP contribution in [-0.4, -0.2) is 196 Å². The van der Waals surface area contributed by atoms with Crippen molar-refractivity contribution in [3.05, 3.63) is 0 Å². The molecule has 3 fully saturated rings. The van der Waals surface area contributed by atoms with E-state index in [0.717, 1.165) is 55.8 Å². The Balaban J connectivity index is 1.60. The van der Waals surface area contributed by atoms with Gasteiger partial charge in [-0.3, -0.25) is 0 Å². The Bertz CT molecular complexity index is 1500. The number of ether oxygens (including phenoxy) is 8. The standard InChI is InChI=1S/C61H118O18/c1-38(2)17-11-19-40(5)21-13-23-42(7)25-15-27-44(9)29-31-72-35-46(73-32-30-45(10)28-16-26-43(8)24-14-22-41(6)20-12-18-39(3)4)36-74-61-58(55(69)51(65)48(34-63)77-61)79-60-57(71)54(68)52(66)49(78-60)37-75-59-56(70)53(67)50(64)47(33-62)76-59/h38-71H,11-37H2,1-10H3/t40-,41-,42-,43-,44-,45-,46+,47-,48-,49-,50+,51-,52-,53+,54+,55+,56-,57+,58-,59-,60-,61-/m1/s1. The van der Waals surface area contributed by atoms with Gasteiger partial charge in [-0.25, -0.2) is 0 Å². The lowest BCUT2D eigenvalue weighted by molar-refractivity contribution is -0.373. The maximum absolute atomic E-state index is 11.4. The fourth-order valence-corrected chi connectivity index (χ4v) is 11.2. The maximum atomic E-state index is 11.4. The van der Waals surface area contributed by atoms with Gasteiger partial charge in [-0.1, -0.05) is 185 Å². The van der Waals surface area contributed by atoms with Crippen LogP contribution in [-0.2, 0) is 37.9 Å². The largest absolute Gasteiger partial charge is 0.394 e. The van der Waals surface area contributed by atoms with Crippen molar-refractivity contribution >= 4 is 0 Å². The van der Waals surface area contributed by atoms with Crippen molar-refractivity contribution < 1.29 is 89.0 Å². The topological polar surface area (TPSA) is 276 Å². The molecule has 0 bridgehead atoms. The summed E-state index contributed by atoms with van der Waals surface area (Å²) in [5.74, 6) is 5.43. The third kappa shape index (κ3) is 27.5. The van der Waals surface area contributed by atoms with E-state index >= 15 is 0 Å². The molecule has 22 atom stereocenters. The Hall–Kier alpha value is -0.720. The number of hydrogen-bond acceptors (Lipinski definition) is 18. The molecule has 3 heterocycles. The van der Waals surface area contributed by atoms with E-state index in [4.69, 9.17) is 37.9 Å². The summed E-state index contributed by atoms with van der Waals surface area (Å²) >= 11 is 0. The van der Waals surface area contributed by atoms with Crippen molar-refractivity contribution in [2.75, 3.05) is 46.2 Å². The number of rotatable bonds is 43. The van der Waals surface area contributed by atoms with E-state index in [2.05, 4.69) is 69.2 Å². The van der Waals surface area contributed by atoms with E-state index in [0.29, 0.717) is 36.9 Å². The molecule has 0 aliphatic carbocycles. The van der Waals surface area contributed by atoms with Crippen LogP contribution in [0, 0.1) is 47.3 Å². The average Bonchev–Trinajstić information content (AvgIpc) is 3.41. The zero-order chi connectivity index (χ0) is 58.6. The van der Waals surface area contributed by atoms with Crippen molar-refractivity contribution in [1.82, 2.24) is 0 Å². The summed E-state index contributed by atoms with van der Waals surface area (Å²) in [6.07, 6.45) is -0.869. The van der Waals surface area contributed by atoms with Crippen molar-refractivity contribution in [2.24, 2.45) is 47.3 Å². The summed E-state index contributed by atoms with van der Waals surface area (Å²) in [6, 6.07) is 0. The first-order valence-corrected chi connectivity index (χ1v) is 31.3. The smallest absolute Gasteiger partial charge is 0.187 e. The monoisotopic (exact) mass is 1140 g/mol. The molecule has 0 radical (unpaired) electrons. The van der Waals surface area contributed by atoms with Gasteiger partial charge in [0.15, 0.2) is 18.9 Å². The fourth-order valence-electron chi connectivity index (χ4n) is 11.2. The normalized spacial score (nSPS) is 32.5. The zero-order valence-corrected chi connectivity index (χ0v) is 50.7. The summed E-state index contributed by atoms with van der Waals surface area (Å²) in [7, 11) is 0. The number of aliphatic hydroxyl groups is 10. The lowest BCUT2D eigenvalue weighted by Crippen LogP contribution is -2.65. The van der Waals surface area contributed by atoms with Crippen LogP contribution < -0.4 is 0 Å². The lowest BCUT2D eigenvalue weighted by atomic mass is 9.91. The first kappa shape index (κ1) is 72.5. The van der Waals surface area contributed by atoms with Crippen LogP contribution in [0.4, 0.5) is 0 Å². The second kappa shape index (κ2) is 39.8. The first-order chi connectivity index (χ1) is 37.6. The molecule has 0 amide bonds. The summed E-state index contributed by atoms with van der Waals surface area (Å²) in [5, 5.41) is 106. The molecule has 0 unspecified atom stereocenters. The van der Waals surface area contributed by atoms with E-state index in [-0.39, 0.29) is 13.2 Å². The van der Waals surface area contributed by atoms with Gasteiger partial charge in [0.05, 0.1) is 33.0 Å². The SMILES string of the molecule is CC(C)CCC[C@@H](C)CCC[C@@H](C)CCC[C@@H](C)CCOC[C@@H](CO[C@@H]1O[C@H](CO)[C@@H](O)[C@H](O)[C@H]1O[C@H]1O[C@H](CO[C@@H]2O[C@H](CO)[C@H](O)[C@H](O)[C@H]2O)[C@@H](O)[C@H](O)[C@@H]1O)OCC[C@H](C)CCC[C@H](C)CCC[C@H](C)CCCC(C)C. The molecule has 3 saturated heterocycles. The van der Waals surface area contributed by atoms with E-state index in [1.165, 1.54) is 96.3 Å². The minimum Gasteiger partial charge on any atom is -0.394 e. The Morgan fingerprint density at radius 1 is 0.354 bits per heavy atom. The summed E-state index contributed by atoms with van der Waals surface area (Å²) in [6.45, 7) is 22.3. The Morgan fingerprint density at radius 3 is 1.16 bits per heavy atom. The second-order valence-electron chi connectivity index (χ2n) is 25.8. The average molecular weight is 1140 g/mol. The van der Waals surface area contributed by atoms with Gasteiger partial charge in [-0.15, -0.1) is 0 Å². The minimum atomic E-state index is -1.90. The van der Waals surface area contributed by atoms with Gasteiger partial charge < -0.3 is 89.0 Å². The molecule has 3 aliphatic rings. The predicted octanol–water partition coefficient (Wildman–Crippen LogP) is 6.78. The molecular formula is C61H118O18. The van der Waals surface area contributed by atoms with E-state index < -0.39 is 118 Å². The Labute approximate surface area is 476 Å². The maximum Gasteiger partial charge on any atom is 0.187 e. The molecule has 18 nitrogen and oxygen atoms in total. The van der Waals surface area contributed by atoms with Gasteiger partial charge in [0.1, 0.15) is 79.4 Å². The van der Waals surface area contributed by atoms with Crippen molar-refractivity contribution in [2.45, 2.75) is 296 Å². The van der Waals surface area contributed by atoms with Gasteiger partial charge >= 0.3 is 0 Å². The van der Waals surface area contributed by atoms with Crippen LogP contribution in [0.5, 0.6) is 0 Å². The first-order valence-electron chi connectivity index (χ1n) is 31.3. The molecule has 79 heavy (non-hydrogen) atoms. The third-order valence-electron chi connectivity index (χ3n) is 17.1. The summed E-state index contributed by atoms with van der Waals surface area (Å²) in [4.78, 5) is 0. The Morgan fingerprint density at radius 2 is 0.722 bits per heavy atom. The molecule has 18 heteroatoms. The minimum absolute atomic E-state index is 0.108. The molecule has 0 aromatic carbocycles. The fraction of sp³-hybridized carbons (Fsp3) is 1.00. The molecule has 3 rings (SSSR count). The zero-order valence-electron chi connectivity index (χ0n) is 50.7. The highest BCUT2D eigenvalue weighted by Gasteiger charge is 2.52. The quantitative estimate of drug-likeness (QED) is 0.0282. The van der Waals surface area contributed by atoms with Gasteiger partial charge in [0.25, 0.3) is 0 Å². The Kier molecular flexibility index (Phi) is 36.6. The second-order valence-corrected chi connectivity index (χ2v) is 25.8. The highest BCUT2D eigenvalue weighted by Crippen LogP contribution is 2.32. The molecule has 0 spiro atoms. The van der Waals surface area contributed by atoms with Gasteiger partial charge in [-0.05, 0) is 60.2 Å². The molecule has 0 aromatic heterocycles. The van der Waals surface area contributed by atoms with Crippen molar-refractivity contribution in [3.63, 3.8) is 0 Å². The molecular weight excluding hydrogens is 1020 g/mol. The van der Waals surface area contributed by atoms with Crippen molar-refractivity contribution in [3.8, 4) is 0 Å². The van der Waals surface area contributed by atoms with Crippen molar-refractivity contribution in [1.29, 1.82) is 0 Å². The van der Waals surface area contributed by atoms with Crippen LogP contribution in [0.15, 0.2) is 0 Å². The van der Waals surface area contributed by atoms with Gasteiger partial charge in [0.2, 0.25) is 0 Å². The van der Waals surface area contributed by atoms with E-state index in [1.807, 2.05) is 0 Å². The summed E-state index contributed by atoms with van der Waals surface area (Å²) in [5.41, 5.74) is 0. The van der Waals surface area contributed by atoms with Gasteiger partial charge in [-0.2, -0.15) is 0 Å². The van der Waals surface area contributed by atoms with Crippen LogP contribution >= 0.6 is 0 Å². The van der Waals surface area contributed by atoms with Crippen LogP contribution in [0.3, 0.4) is 0 Å². The molecule has 0 saturated carbocycles.